The van der Waals surface area contributed by atoms with Crippen molar-refractivity contribution in [2.24, 2.45) is 0 Å². The molecular formula is C31H35Cl2N3O6S. The topological polar surface area (TPSA) is 105 Å². The average molecular weight is 649 g/mol. The molecule has 1 heterocycles. The fraction of sp³-hybridized carbons (Fsp3) is 0.355. The largest absolute Gasteiger partial charge is 0.486 e. The van der Waals surface area contributed by atoms with E-state index in [-0.39, 0.29) is 30.6 Å². The molecule has 0 saturated heterocycles. The Balaban J connectivity index is 1.75. The predicted molar refractivity (Wildman–Crippen MR) is 168 cm³/mol. The first-order valence-electron chi connectivity index (χ1n) is 13.9. The Morgan fingerprint density at radius 3 is 2.33 bits per heavy atom. The lowest BCUT2D eigenvalue weighted by Crippen LogP contribution is -2.54. The summed E-state index contributed by atoms with van der Waals surface area (Å²) in [5.74, 6) is -0.0867. The molecule has 9 nitrogen and oxygen atoms in total. The van der Waals surface area contributed by atoms with Gasteiger partial charge in [0.2, 0.25) is 21.8 Å². The molecule has 0 saturated carbocycles. The van der Waals surface area contributed by atoms with Gasteiger partial charge in [0.25, 0.3) is 0 Å². The summed E-state index contributed by atoms with van der Waals surface area (Å²) >= 11 is 12.6. The third-order valence-electron chi connectivity index (χ3n) is 7.12. The molecule has 0 unspecified atom stereocenters. The lowest BCUT2D eigenvalue weighted by Gasteiger charge is -2.34. The molecule has 2 atom stereocenters. The van der Waals surface area contributed by atoms with Crippen molar-refractivity contribution in [3.63, 3.8) is 0 Å². The molecule has 1 aliphatic rings. The van der Waals surface area contributed by atoms with Crippen molar-refractivity contribution in [2.75, 3.05) is 30.3 Å². The first-order chi connectivity index (χ1) is 20.5. The fourth-order valence-electron chi connectivity index (χ4n) is 4.63. The van der Waals surface area contributed by atoms with Gasteiger partial charge in [0.15, 0.2) is 11.5 Å². The summed E-state index contributed by atoms with van der Waals surface area (Å²) in [6, 6.07) is 17.8. The van der Waals surface area contributed by atoms with Crippen molar-refractivity contribution in [3.05, 3.63) is 87.9 Å². The first-order valence-corrected chi connectivity index (χ1v) is 16.5. The minimum atomic E-state index is -3.94. The minimum absolute atomic E-state index is 0.0565. The van der Waals surface area contributed by atoms with Gasteiger partial charge in [-0.1, -0.05) is 66.5 Å². The number of halogens is 2. The molecule has 0 aromatic heterocycles. The third kappa shape index (κ3) is 8.55. The number of sulfonamides is 1. The number of benzene rings is 3. The summed E-state index contributed by atoms with van der Waals surface area (Å²) in [5, 5.41) is 3.73. The van der Waals surface area contributed by atoms with E-state index in [0.29, 0.717) is 46.7 Å². The quantitative estimate of drug-likeness (QED) is 0.294. The van der Waals surface area contributed by atoms with E-state index in [4.69, 9.17) is 32.7 Å². The van der Waals surface area contributed by atoms with Gasteiger partial charge in [-0.2, -0.15) is 0 Å². The van der Waals surface area contributed by atoms with Crippen molar-refractivity contribution in [2.45, 2.75) is 45.3 Å². The zero-order valence-corrected chi connectivity index (χ0v) is 26.6. The van der Waals surface area contributed by atoms with Crippen LogP contribution in [0.3, 0.4) is 0 Å². The first kappa shape index (κ1) is 32.4. The van der Waals surface area contributed by atoms with Crippen molar-refractivity contribution in [1.29, 1.82) is 0 Å². The number of hydrogen-bond donors (Lipinski definition) is 1. The molecule has 4 rings (SSSR count). The maximum absolute atomic E-state index is 14.3. The number of fused-ring (bicyclic) bond motifs is 1. The van der Waals surface area contributed by atoms with Crippen LogP contribution in [0, 0.1) is 0 Å². The van der Waals surface area contributed by atoms with E-state index >= 15 is 0 Å². The van der Waals surface area contributed by atoms with E-state index in [1.807, 2.05) is 44.2 Å². The van der Waals surface area contributed by atoms with Crippen LogP contribution < -0.4 is 19.1 Å². The molecule has 1 N–H and O–H groups in total. The summed E-state index contributed by atoms with van der Waals surface area (Å²) in [5.41, 5.74) is 1.62. The standard InChI is InChI=1S/C31H35Cl2N3O6S/c1-4-21(2)34-31(38)27(16-22-8-6-5-7-9-22)35(19-23-10-11-24(32)17-26(23)33)30(37)20-36(43(3,39)40)25-12-13-28-29(18-25)42-15-14-41-28/h5-13,17-18,21,27H,4,14-16,19-20H2,1-3H3,(H,34,38)/t21-,27+/m0/s1. The van der Waals surface area contributed by atoms with Crippen molar-refractivity contribution in [3.8, 4) is 11.5 Å². The Kier molecular flexibility index (Phi) is 10.8. The number of hydrogen-bond acceptors (Lipinski definition) is 6. The summed E-state index contributed by atoms with van der Waals surface area (Å²) in [4.78, 5) is 29.4. The van der Waals surface area contributed by atoms with Gasteiger partial charge in [0, 0.05) is 35.1 Å². The van der Waals surface area contributed by atoms with Crippen LogP contribution >= 0.6 is 23.2 Å². The van der Waals surface area contributed by atoms with Crippen molar-refractivity contribution < 1.29 is 27.5 Å². The Labute approximate surface area is 262 Å². The molecule has 3 aromatic carbocycles. The summed E-state index contributed by atoms with van der Waals surface area (Å²) in [6.45, 7) is 3.91. The van der Waals surface area contributed by atoms with Crippen LogP contribution in [0.15, 0.2) is 66.7 Å². The Morgan fingerprint density at radius 2 is 1.67 bits per heavy atom. The molecule has 0 bridgehead atoms. The smallest absolute Gasteiger partial charge is 0.244 e. The molecule has 230 valence electrons. The summed E-state index contributed by atoms with van der Waals surface area (Å²) in [6.07, 6.45) is 1.91. The van der Waals surface area contributed by atoms with E-state index in [0.717, 1.165) is 16.1 Å². The SMILES string of the molecule is CC[C@H](C)NC(=O)[C@@H](Cc1ccccc1)N(Cc1ccc(Cl)cc1Cl)C(=O)CN(c1ccc2c(c1)OCCO2)S(C)(=O)=O. The molecule has 2 amide bonds. The highest BCUT2D eigenvalue weighted by molar-refractivity contribution is 7.92. The number of rotatable bonds is 12. The molecule has 43 heavy (non-hydrogen) atoms. The van der Waals surface area contributed by atoms with Gasteiger partial charge >= 0.3 is 0 Å². The summed E-state index contributed by atoms with van der Waals surface area (Å²) in [7, 11) is -3.94. The predicted octanol–water partition coefficient (Wildman–Crippen LogP) is 5.09. The number of carbonyl (C=O) groups excluding carboxylic acids is 2. The lowest BCUT2D eigenvalue weighted by atomic mass is 10.0. The summed E-state index contributed by atoms with van der Waals surface area (Å²) < 4.78 is 38.3. The highest BCUT2D eigenvalue weighted by Gasteiger charge is 2.34. The minimum Gasteiger partial charge on any atom is -0.486 e. The zero-order chi connectivity index (χ0) is 31.1. The van der Waals surface area contributed by atoms with Crippen LogP contribution in [-0.2, 0) is 32.6 Å². The van der Waals surface area contributed by atoms with Crippen molar-refractivity contribution >= 4 is 50.7 Å². The monoisotopic (exact) mass is 647 g/mol. The van der Waals surface area contributed by atoms with Crippen LogP contribution in [-0.4, -0.2) is 63.2 Å². The van der Waals surface area contributed by atoms with E-state index in [2.05, 4.69) is 5.32 Å². The third-order valence-corrected chi connectivity index (χ3v) is 8.85. The maximum atomic E-state index is 14.3. The van der Waals surface area contributed by atoms with Gasteiger partial charge < -0.3 is 19.7 Å². The highest BCUT2D eigenvalue weighted by atomic mass is 35.5. The van der Waals surface area contributed by atoms with Crippen LogP contribution in [0.2, 0.25) is 10.0 Å². The van der Waals surface area contributed by atoms with Crippen molar-refractivity contribution in [1.82, 2.24) is 10.2 Å². The van der Waals surface area contributed by atoms with Crippen LogP contribution in [0.4, 0.5) is 5.69 Å². The van der Waals surface area contributed by atoms with Gasteiger partial charge in [-0.3, -0.25) is 13.9 Å². The zero-order valence-electron chi connectivity index (χ0n) is 24.3. The maximum Gasteiger partial charge on any atom is 0.244 e. The molecular weight excluding hydrogens is 613 g/mol. The van der Waals surface area contributed by atoms with Gasteiger partial charge in [0.1, 0.15) is 25.8 Å². The molecule has 0 spiro atoms. The van der Waals surface area contributed by atoms with E-state index in [1.165, 1.54) is 11.0 Å². The lowest BCUT2D eigenvalue weighted by molar-refractivity contribution is -0.140. The molecule has 3 aromatic rings. The second kappa shape index (κ2) is 14.3. The molecule has 12 heteroatoms. The Bertz CT molecular complexity index is 1550. The van der Waals surface area contributed by atoms with E-state index in [1.54, 1.807) is 30.3 Å². The number of carbonyl (C=O) groups is 2. The number of ether oxygens (including phenoxy) is 2. The number of anilines is 1. The normalized spacial score (nSPS) is 14.0. The van der Waals surface area contributed by atoms with Crippen LogP contribution in [0.5, 0.6) is 11.5 Å². The number of nitrogens with one attached hydrogen (secondary N) is 1. The van der Waals surface area contributed by atoms with Gasteiger partial charge in [-0.15, -0.1) is 0 Å². The van der Waals surface area contributed by atoms with Crippen LogP contribution in [0.1, 0.15) is 31.4 Å². The highest BCUT2D eigenvalue weighted by Crippen LogP contribution is 2.35. The van der Waals surface area contributed by atoms with Gasteiger partial charge in [-0.05, 0) is 48.7 Å². The molecule has 1 aliphatic heterocycles. The Morgan fingerprint density at radius 1 is 0.977 bits per heavy atom. The molecule has 0 fully saturated rings. The van der Waals surface area contributed by atoms with Gasteiger partial charge in [-0.25, -0.2) is 8.42 Å². The Hall–Kier alpha value is -3.47. The molecule has 0 aliphatic carbocycles. The second-order valence-corrected chi connectivity index (χ2v) is 13.1. The van der Waals surface area contributed by atoms with Crippen LogP contribution in [0.25, 0.3) is 0 Å². The molecule has 0 radical (unpaired) electrons. The van der Waals surface area contributed by atoms with E-state index in [9.17, 15) is 18.0 Å². The fourth-order valence-corrected chi connectivity index (χ4v) is 5.94. The second-order valence-electron chi connectivity index (χ2n) is 10.4. The average Bonchev–Trinajstić information content (AvgIpc) is 2.98. The number of nitrogens with zero attached hydrogens (tertiary/aromatic N) is 2. The van der Waals surface area contributed by atoms with E-state index < -0.39 is 28.5 Å². The van der Waals surface area contributed by atoms with Gasteiger partial charge in [0.05, 0.1) is 11.9 Å². The number of amides is 2.